The van der Waals surface area contributed by atoms with Crippen LogP contribution in [0, 0.1) is 0 Å². The van der Waals surface area contributed by atoms with Crippen LogP contribution in [0.2, 0.25) is 0 Å². The number of benzene rings is 2. The monoisotopic (exact) mass is 291 g/mol. The van der Waals surface area contributed by atoms with Crippen LogP contribution in [0.4, 0.5) is 5.69 Å². The molecule has 1 unspecified atom stereocenters. The van der Waals surface area contributed by atoms with E-state index in [1.54, 1.807) is 7.11 Å². The molecule has 0 N–H and O–H groups in total. The number of rotatable bonds is 2. The largest absolute Gasteiger partial charge is 0.494 e. The molecule has 0 saturated carbocycles. The molecule has 1 heterocycles. The fourth-order valence-electron chi connectivity index (χ4n) is 3.01. The molecule has 2 aromatic rings. The molecule has 1 aliphatic heterocycles. The molecule has 0 amide bonds. The first kappa shape index (κ1) is 14.6. The van der Waals surface area contributed by atoms with Crippen molar-refractivity contribution in [3.8, 4) is 16.9 Å². The number of nitrogens with zero attached hydrogens (tertiary/aromatic N) is 1. The lowest BCUT2D eigenvalue weighted by atomic mass is 9.87. The fraction of sp³-hybridized carbons (Fsp3) is 0.250. The van der Waals surface area contributed by atoms with Gasteiger partial charge in [-0.3, -0.25) is 0 Å². The van der Waals surface area contributed by atoms with Crippen molar-refractivity contribution < 1.29 is 4.74 Å². The zero-order valence-corrected chi connectivity index (χ0v) is 13.3. The Hall–Kier alpha value is -2.35. The van der Waals surface area contributed by atoms with E-state index < -0.39 is 0 Å². The van der Waals surface area contributed by atoms with Crippen LogP contribution in [0.25, 0.3) is 11.1 Å². The van der Waals surface area contributed by atoms with Crippen molar-refractivity contribution in [3.63, 3.8) is 0 Å². The summed E-state index contributed by atoms with van der Waals surface area (Å²) in [5.74, 6) is 1.24. The normalized spacial score (nSPS) is 18.7. The summed E-state index contributed by atoms with van der Waals surface area (Å²) in [5, 5.41) is 0. The molecule has 2 heteroatoms. The second-order valence-electron chi connectivity index (χ2n) is 5.74. The molecule has 1 atom stereocenters. The van der Waals surface area contributed by atoms with Gasteiger partial charge in [0.2, 0.25) is 0 Å². The average Bonchev–Trinajstić information content (AvgIpc) is 2.53. The summed E-state index contributed by atoms with van der Waals surface area (Å²) < 4.78 is 5.57. The molecule has 0 saturated heterocycles. The van der Waals surface area contributed by atoms with Crippen LogP contribution in [0.15, 0.2) is 59.6 Å². The highest BCUT2D eigenvalue weighted by Crippen LogP contribution is 2.44. The van der Waals surface area contributed by atoms with Gasteiger partial charge in [-0.2, -0.15) is 0 Å². The predicted octanol–water partition coefficient (Wildman–Crippen LogP) is 5.52. The van der Waals surface area contributed by atoms with E-state index in [-0.39, 0.29) is 0 Å². The summed E-state index contributed by atoms with van der Waals surface area (Å²) in [4.78, 5) is 4.81. The zero-order chi connectivity index (χ0) is 15.5. The standard InChI is InChI=1S/C20H21NO/c1-14-8-7-9-15(2)21-20-18(22-3)13-12-17(19(14)20)16-10-5-4-6-11-16/h4-7,9-14H,8H2,1-3H3/b9-7+,21-15?. The van der Waals surface area contributed by atoms with Gasteiger partial charge >= 0.3 is 0 Å². The number of fused-ring (bicyclic) bond motifs is 1. The molecule has 3 rings (SSSR count). The van der Waals surface area contributed by atoms with Gasteiger partial charge in [0.05, 0.1) is 7.11 Å². The van der Waals surface area contributed by atoms with Crippen molar-refractivity contribution in [2.24, 2.45) is 4.99 Å². The maximum Gasteiger partial charge on any atom is 0.144 e. The van der Waals surface area contributed by atoms with E-state index in [0.717, 1.165) is 23.6 Å². The predicted molar refractivity (Wildman–Crippen MR) is 93.4 cm³/mol. The SMILES string of the molecule is COc1ccc(-c2ccccc2)c2c1N=C(C)/C=C/CC2C. The molecule has 2 nitrogen and oxygen atoms in total. The number of methoxy groups -OCH3 is 1. The number of hydrogen-bond donors (Lipinski definition) is 0. The van der Waals surface area contributed by atoms with Crippen molar-refractivity contribution in [3.05, 3.63) is 60.2 Å². The van der Waals surface area contributed by atoms with Crippen molar-refractivity contribution in [2.75, 3.05) is 7.11 Å². The minimum absolute atomic E-state index is 0.397. The van der Waals surface area contributed by atoms with Crippen molar-refractivity contribution in [1.82, 2.24) is 0 Å². The summed E-state index contributed by atoms with van der Waals surface area (Å²) in [7, 11) is 1.71. The van der Waals surface area contributed by atoms with Crippen LogP contribution in [0.5, 0.6) is 5.75 Å². The maximum absolute atomic E-state index is 5.57. The third-order valence-electron chi connectivity index (χ3n) is 4.11. The number of ether oxygens (including phenoxy) is 1. The zero-order valence-electron chi connectivity index (χ0n) is 13.3. The van der Waals surface area contributed by atoms with Crippen LogP contribution in [0.3, 0.4) is 0 Å². The summed E-state index contributed by atoms with van der Waals surface area (Å²) in [6.45, 7) is 4.29. The van der Waals surface area contributed by atoms with E-state index in [2.05, 4.69) is 49.4 Å². The molecule has 0 fully saturated rings. The molecule has 1 aliphatic rings. The molecular weight excluding hydrogens is 270 g/mol. The quantitative estimate of drug-likeness (QED) is 0.714. The first-order valence-corrected chi connectivity index (χ1v) is 7.69. The fourth-order valence-corrected chi connectivity index (χ4v) is 3.01. The first-order valence-electron chi connectivity index (χ1n) is 7.69. The summed E-state index contributed by atoms with van der Waals surface area (Å²) in [6, 6.07) is 14.7. The molecule has 22 heavy (non-hydrogen) atoms. The van der Waals surface area contributed by atoms with E-state index in [0.29, 0.717) is 5.92 Å². The molecule has 0 radical (unpaired) electrons. The topological polar surface area (TPSA) is 21.6 Å². The Morgan fingerprint density at radius 2 is 1.86 bits per heavy atom. The van der Waals surface area contributed by atoms with Gasteiger partial charge in [-0.15, -0.1) is 0 Å². The van der Waals surface area contributed by atoms with Gasteiger partial charge in [-0.25, -0.2) is 4.99 Å². The number of hydrogen-bond acceptors (Lipinski definition) is 2. The average molecular weight is 291 g/mol. The van der Waals surface area contributed by atoms with Crippen molar-refractivity contribution in [2.45, 2.75) is 26.2 Å². The minimum atomic E-state index is 0.397. The van der Waals surface area contributed by atoms with E-state index in [9.17, 15) is 0 Å². The summed E-state index contributed by atoms with van der Waals surface area (Å²) in [5.41, 5.74) is 5.73. The van der Waals surface area contributed by atoms with Crippen LogP contribution in [-0.4, -0.2) is 12.8 Å². The Kier molecular flexibility index (Phi) is 4.10. The van der Waals surface area contributed by atoms with Crippen molar-refractivity contribution in [1.29, 1.82) is 0 Å². The maximum atomic E-state index is 5.57. The van der Waals surface area contributed by atoms with E-state index in [1.165, 1.54) is 16.7 Å². The molecule has 2 aromatic carbocycles. The highest BCUT2D eigenvalue weighted by Gasteiger charge is 2.20. The number of allylic oxidation sites excluding steroid dienone is 2. The van der Waals surface area contributed by atoms with E-state index >= 15 is 0 Å². The van der Waals surface area contributed by atoms with Gasteiger partial charge in [-0.05, 0) is 48.1 Å². The molecule has 0 aromatic heterocycles. The van der Waals surface area contributed by atoms with Crippen LogP contribution in [0.1, 0.15) is 31.7 Å². The Bertz CT molecular complexity index is 729. The Labute approximate surface area is 132 Å². The van der Waals surface area contributed by atoms with Crippen LogP contribution in [-0.2, 0) is 0 Å². The summed E-state index contributed by atoms with van der Waals surface area (Å²) in [6.07, 6.45) is 5.31. The highest BCUT2D eigenvalue weighted by atomic mass is 16.5. The van der Waals surface area contributed by atoms with Gasteiger partial charge in [0.15, 0.2) is 0 Å². The smallest absolute Gasteiger partial charge is 0.144 e. The lowest BCUT2D eigenvalue weighted by Gasteiger charge is -2.21. The minimum Gasteiger partial charge on any atom is -0.494 e. The molecular formula is C20H21NO. The molecule has 0 aliphatic carbocycles. The Morgan fingerprint density at radius 1 is 1.09 bits per heavy atom. The van der Waals surface area contributed by atoms with Gasteiger partial charge in [0, 0.05) is 5.71 Å². The van der Waals surface area contributed by atoms with Crippen LogP contribution < -0.4 is 4.74 Å². The first-order chi connectivity index (χ1) is 10.7. The van der Waals surface area contributed by atoms with Gasteiger partial charge in [0.1, 0.15) is 11.4 Å². The lowest BCUT2D eigenvalue weighted by Crippen LogP contribution is -2.02. The van der Waals surface area contributed by atoms with E-state index in [1.807, 2.05) is 19.1 Å². The Morgan fingerprint density at radius 3 is 2.59 bits per heavy atom. The third kappa shape index (κ3) is 2.69. The van der Waals surface area contributed by atoms with Gasteiger partial charge in [0.25, 0.3) is 0 Å². The molecule has 0 bridgehead atoms. The summed E-state index contributed by atoms with van der Waals surface area (Å²) >= 11 is 0. The second kappa shape index (κ2) is 6.18. The number of aliphatic imine (C=N–C) groups is 1. The second-order valence-corrected chi connectivity index (χ2v) is 5.74. The van der Waals surface area contributed by atoms with Crippen molar-refractivity contribution >= 4 is 11.4 Å². The highest BCUT2D eigenvalue weighted by molar-refractivity contribution is 5.96. The van der Waals surface area contributed by atoms with Gasteiger partial charge < -0.3 is 4.74 Å². The van der Waals surface area contributed by atoms with E-state index in [4.69, 9.17) is 9.73 Å². The molecule has 0 spiro atoms. The van der Waals surface area contributed by atoms with Gasteiger partial charge in [-0.1, -0.05) is 49.4 Å². The lowest BCUT2D eigenvalue weighted by molar-refractivity contribution is 0.415. The molecule has 112 valence electrons. The third-order valence-corrected chi connectivity index (χ3v) is 4.11. The van der Waals surface area contributed by atoms with Crippen LogP contribution >= 0.6 is 0 Å². The Balaban J connectivity index is 2.30.